The van der Waals surface area contributed by atoms with Gasteiger partial charge in [-0.3, -0.25) is 9.59 Å². The van der Waals surface area contributed by atoms with E-state index in [1.165, 1.54) is 18.3 Å². The van der Waals surface area contributed by atoms with Crippen molar-refractivity contribution >= 4 is 34.1 Å². The lowest BCUT2D eigenvalue weighted by atomic mass is 10.1. The molecule has 2 amide bonds. The highest BCUT2D eigenvalue weighted by molar-refractivity contribution is 7.17. The molecule has 1 aliphatic carbocycles. The number of aryl methyl sites for hydroxylation is 3. The fourth-order valence-electron chi connectivity index (χ4n) is 3.16. The molecule has 144 valence electrons. The number of primary amides is 1. The number of fused-ring (bicyclic) bond motifs is 1. The van der Waals surface area contributed by atoms with Crippen LogP contribution in [0, 0.1) is 6.92 Å². The number of carbonyl (C=O) groups excluding carboxylic acids is 3. The number of carbonyl (C=O) groups is 3. The highest BCUT2D eigenvalue weighted by Gasteiger charge is 2.29. The van der Waals surface area contributed by atoms with Crippen LogP contribution in [0.1, 0.15) is 62.9 Å². The third-order valence-corrected chi connectivity index (χ3v) is 5.74. The first-order valence-electron chi connectivity index (χ1n) is 8.74. The molecule has 3 rings (SSSR count). The molecule has 0 unspecified atom stereocenters. The van der Waals surface area contributed by atoms with Gasteiger partial charge in [-0.05, 0) is 45.1 Å². The maximum absolute atomic E-state index is 12.5. The standard InChI is InChI=1S/C18H21N3O5S/c1-4-11-13(8(2)26-21-11)18(24)25-9(3)16(23)20-17-14(15(19)22)10-6-5-7-12(10)27-17/h9H,4-7H2,1-3H3,(H2,19,22)(H,20,23)/t9-/m1/s1. The second-order valence-electron chi connectivity index (χ2n) is 6.38. The van der Waals surface area contributed by atoms with E-state index in [0.717, 1.165) is 29.7 Å². The Hall–Kier alpha value is -2.68. The minimum atomic E-state index is -1.06. The van der Waals surface area contributed by atoms with Crippen LogP contribution in [0.25, 0.3) is 0 Å². The summed E-state index contributed by atoms with van der Waals surface area (Å²) in [5.74, 6) is -1.42. The lowest BCUT2D eigenvalue weighted by Gasteiger charge is -2.13. The SMILES string of the molecule is CCc1noc(C)c1C(=O)O[C@H](C)C(=O)Nc1sc2c(c1C(N)=O)CCC2. The van der Waals surface area contributed by atoms with Crippen molar-refractivity contribution in [2.24, 2.45) is 5.73 Å². The number of anilines is 1. The molecule has 2 heterocycles. The van der Waals surface area contributed by atoms with E-state index in [1.807, 2.05) is 6.92 Å². The highest BCUT2D eigenvalue weighted by Crippen LogP contribution is 2.38. The maximum Gasteiger partial charge on any atom is 0.344 e. The molecule has 0 fully saturated rings. The molecule has 1 atom stereocenters. The summed E-state index contributed by atoms with van der Waals surface area (Å²) in [4.78, 5) is 37.8. The number of ether oxygens (including phenoxy) is 1. The summed E-state index contributed by atoms with van der Waals surface area (Å²) >= 11 is 1.35. The summed E-state index contributed by atoms with van der Waals surface area (Å²) in [6, 6.07) is 0. The fraction of sp³-hybridized carbons (Fsp3) is 0.444. The average Bonchev–Trinajstić information content (AvgIpc) is 3.27. The van der Waals surface area contributed by atoms with Gasteiger partial charge in [-0.15, -0.1) is 11.3 Å². The minimum Gasteiger partial charge on any atom is -0.449 e. The summed E-state index contributed by atoms with van der Waals surface area (Å²) in [7, 11) is 0. The van der Waals surface area contributed by atoms with Gasteiger partial charge >= 0.3 is 5.97 Å². The number of amides is 2. The summed E-state index contributed by atoms with van der Waals surface area (Å²) in [6.45, 7) is 4.91. The summed E-state index contributed by atoms with van der Waals surface area (Å²) in [6.07, 6.45) is 2.06. The Labute approximate surface area is 160 Å². The van der Waals surface area contributed by atoms with Gasteiger partial charge in [-0.2, -0.15) is 0 Å². The fourth-order valence-corrected chi connectivity index (χ4v) is 4.46. The number of aromatic nitrogens is 1. The van der Waals surface area contributed by atoms with Gasteiger partial charge in [0.1, 0.15) is 16.3 Å². The van der Waals surface area contributed by atoms with Gasteiger partial charge in [-0.25, -0.2) is 4.79 Å². The number of hydrogen-bond acceptors (Lipinski definition) is 7. The molecule has 2 aromatic rings. The number of esters is 1. The molecule has 3 N–H and O–H groups in total. The van der Waals surface area contributed by atoms with Gasteiger partial charge in [0, 0.05) is 4.88 Å². The highest BCUT2D eigenvalue weighted by atomic mass is 32.1. The molecule has 0 saturated heterocycles. The molecule has 8 nitrogen and oxygen atoms in total. The van der Waals surface area contributed by atoms with Gasteiger partial charge in [0.15, 0.2) is 6.10 Å². The zero-order chi connectivity index (χ0) is 19.7. The maximum atomic E-state index is 12.5. The van der Waals surface area contributed by atoms with Crippen molar-refractivity contribution in [2.45, 2.75) is 52.6 Å². The first-order chi connectivity index (χ1) is 12.8. The normalized spacial score (nSPS) is 13.9. The molecule has 2 aromatic heterocycles. The monoisotopic (exact) mass is 391 g/mol. The number of rotatable bonds is 6. The quantitative estimate of drug-likeness (QED) is 0.729. The first-order valence-corrected chi connectivity index (χ1v) is 9.56. The Morgan fingerprint density at radius 2 is 2.07 bits per heavy atom. The van der Waals surface area contributed by atoms with Crippen molar-refractivity contribution in [2.75, 3.05) is 5.32 Å². The summed E-state index contributed by atoms with van der Waals surface area (Å²) in [5.41, 5.74) is 7.49. The smallest absolute Gasteiger partial charge is 0.344 e. The van der Waals surface area contributed by atoms with Crippen LogP contribution in [0.4, 0.5) is 5.00 Å². The third kappa shape index (κ3) is 3.59. The van der Waals surface area contributed by atoms with E-state index in [4.69, 9.17) is 15.0 Å². The zero-order valence-electron chi connectivity index (χ0n) is 15.4. The molecular weight excluding hydrogens is 370 g/mol. The molecular formula is C18H21N3O5S. The minimum absolute atomic E-state index is 0.241. The average molecular weight is 391 g/mol. The molecule has 0 bridgehead atoms. The Morgan fingerprint density at radius 3 is 2.74 bits per heavy atom. The van der Waals surface area contributed by atoms with Crippen LogP contribution >= 0.6 is 11.3 Å². The number of nitrogens with two attached hydrogens (primary N) is 1. The van der Waals surface area contributed by atoms with Crippen LogP contribution in [-0.2, 0) is 28.8 Å². The molecule has 1 aliphatic rings. The van der Waals surface area contributed by atoms with Gasteiger partial charge < -0.3 is 20.3 Å². The van der Waals surface area contributed by atoms with Crippen molar-refractivity contribution in [1.29, 1.82) is 0 Å². The van der Waals surface area contributed by atoms with Crippen LogP contribution in [0.15, 0.2) is 4.52 Å². The molecule has 0 spiro atoms. The van der Waals surface area contributed by atoms with E-state index in [2.05, 4.69) is 10.5 Å². The van der Waals surface area contributed by atoms with Gasteiger partial charge in [0.05, 0.1) is 11.3 Å². The number of nitrogens with one attached hydrogen (secondary N) is 1. The number of nitrogens with zero attached hydrogens (tertiary/aromatic N) is 1. The molecule has 27 heavy (non-hydrogen) atoms. The summed E-state index contributed by atoms with van der Waals surface area (Å²) < 4.78 is 10.3. The second-order valence-corrected chi connectivity index (χ2v) is 7.48. The Balaban J connectivity index is 1.73. The van der Waals surface area contributed by atoms with E-state index >= 15 is 0 Å². The predicted molar refractivity (Wildman–Crippen MR) is 99.0 cm³/mol. The van der Waals surface area contributed by atoms with E-state index in [9.17, 15) is 14.4 Å². The Kier molecular flexibility index (Phi) is 5.31. The van der Waals surface area contributed by atoms with E-state index in [-0.39, 0.29) is 5.56 Å². The van der Waals surface area contributed by atoms with Crippen molar-refractivity contribution in [3.05, 3.63) is 33.0 Å². The lowest BCUT2D eigenvalue weighted by molar-refractivity contribution is -0.123. The van der Waals surface area contributed by atoms with Crippen LogP contribution in [0.5, 0.6) is 0 Å². The second kappa shape index (κ2) is 7.51. The van der Waals surface area contributed by atoms with Crippen molar-refractivity contribution in [3.8, 4) is 0 Å². The van der Waals surface area contributed by atoms with Crippen LogP contribution < -0.4 is 11.1 Å². The number of hydrogen-bond donors (Lipinski definition) is 2. The van der Waals surface area contributed by atoms with Gasteiger partial charge in [0.2, 0.25) is 0 Å². The number of thiophene rings is 1. The molecule has 0 aliphatic heterocycles. The largest absolute Gasteiger partial charge is 0.449 e. The van der Waals surface area contributed by atoms with Crippen LogP contribution in [-0.4, -0.2) is 29.0 Å². The topological polar surface area (TPSA) is 125 Å². The van der Waals surface area contributed by atoms with Gasteiger partial charge in [0.25, 0.3) is 11.8 Å². The van der Waals surface area contributed by atoms with E-state index in [0.29, 0.717) is 28.4 Å². The first kappa shape index (κ1) is 19.1. The van der Waals surface area contributed by atoms with E-state index < -0.39 is 23.9 Å². The summed E-state index contributed by atoms with van der Waals surface area (Å²) in [5, 5.41) is 6.90. The zero-order valence-corrected chi connectivity index (χ0v) is 16.2. The third-order valence-electron chi connectivity index (χ3n) is 4.53. The van der Waals surface area contributed by atoms with E-state index in [1.54, 1.807) is 6.92 Å². The van der Waals surface area contributed by atoms with Crippen molar-refractivity contribution in [1.82, 2.24) is 5.16 Å². The molecule has 0 radical (unpaired) electrons. The lowest BCUT2D eigenvalue weighted by Crippen LogP contribution is -2.31. The van der Waals surface area contributed by atoms with Crippen LogP contribution in [0.3, 0.4) is 0 Å². The van der Waals surface area contributed by atoms with Crippen molar-refractivity contribution < 1.29 is 23.6 Å². The molecule has 0 aromatic carbocycles. The Morgan fingerprint density at radius 1 is 1.33 bits per heavy atom. The van der Waals surface area contributed by atoms with Crippen molar-refractivity contribution in [3.63, 3.8) is 0 Å². The van der Waals surface area contributed by atoms with Gasteiger partial charge in [-0.1, -0.05) is 12.1 Å². The molecule has 0 saturated carbocycles. The predicted octanol–water partition coefficient (Wildman–Crippen LogP) is 2.38. The Bertz CT molecular complexity index is 914. The molecule has 9 heteroatoms. The van der Waals surface area contributed by atoms with Crippen LogP contribution in [0.2, 0.25) is 0 Å².